The first kappa shape index (κ1) is 18.0. The third kappa shape index (κ3) is 4.63. The molecule has 2 N–H and O–H groups in total. The Hall–Kier alpha value is -2.82. The highest BCUT2D eigenvalue weighted by Crippen LogP contribution is 2.13. The highest BCUT2D eigenvalue weighted by molar-refractivity contribution is 5.95. The SMILES string of the molecule is Nc1cccc(C(=O)N2CCCN(C(=O)CCc3ccccc3)CC2)c1. The second kappa shape index (κ2) is 8.52. The molecule has 136 valence electrons. The van der Waals surface area contributed by atoms with Gasteiger partial charge >= 0.3 is 0 Å². The summed E-state index contributed by atoms with van der Waals surface area (Å²) in [6.45, 7) is 2.51. The second-order valence-corrected chi connectivity index (χ2v) is 6.64. The van der Waals surface area contributed by atoms with Gasteiger partial charge in [-0.2, -0.15) is 0 Å². The van der Waals surface area contributed by atoms with Crippen molar-refractivity contribution in [2.75, 3.05) is 31.9 Å². The summed E-state index contributed by atoms with van der Waals surface area (Å²) < 4.78 is 0. The largest absolute Gasteiger partial charge is 0.399 e. The molecule has 1 fully saturated rings. The van der Waals surface area contributed by atoms with E-state index < -0.39 is 0 Å². The van der Waals surface area contributed by atoms with Crippen molar-refractivity contribution >= 4 is 17.5 Å². The fraction of sp³-hybridized carbons (Fsp3) is 0.333. The minimum atomic E-state index is -0.0177. The van der Waals surface area contributed by atoms with Crippen LogP contribution in [0.15, 0.2) is 54.6 Å². The van der Waals surface area contributed by atoms with Gasteiger partial charge in [-0.15, -0.1) is 0 Å². The topological polar surface area (TPSA) is 66.6 Å². The fourth-order valence-corrected chi connectivity index (χ4v) is 3.28. The molecule has 0 atom stereocenters. The smallest absolute Gasteiger partial charge is 0.253 e. The number of carbonyl (C=O) groups excluding carboxylic acids is 2. The monoisotopic (exact) mass is 351 g/mol. The van der Waals surface area contributed by atoms with E-state index in [-0.39, 0.29) is 11.8 Å². The first-order chi connectivity index (χ1) is 12.6. The summed E-state index contributed by atoms with van der Waals surface area (Å²) in [5.74, 6) is 0.142. The van der Waals surface area contributed by atoms with Crippen molar-refractivity contribution in [3.8, 4) is 0 Å². The van der Waals surface area contributed by atoms with Crippen molar-refractivity contribution in [3.05, 3.63) is 65.7 Å². The molecule has 2 aromatic carbocycles. The van der Waals surface area contributed by atoms with Gasteiger partial charge in [0.25, 0.3) is 5.91 Å². The van der Waals surface area contributed by atoms with Gasteiger partial charge < -0.3 is 15.5 Å². The lowest BCUT2D eigenvalue weighted by Crippen LogP contribution is -2.37. The van der Waals surface area contributed by atoms with Crippen LogP contribution in [-0.2, 0) is 11.2 Å². The lowest BCUT2D eigenvalue weighted by atomic mass is 10.1. The van der Waals surface area contributed by atoms with Gasteiger partial charge in [-0.05, 0) is 36.6 Å². The van der Waals surface area contributed by atoms with Crippen molar-refractivity contribution in [3.63, 3.8) is 0 Å². The highest BCUT2D eigenvalue weighted by Gasteiger charge is 2.22. The molecule has 1 aliphatic heterocycles. The quantitative estimate of drug-likeness (QED) is 0.861. The van der Waals surface area contributed by atoms with Crippen LogP contribution in [0.3, 0.4) is 0 Å². The Labute approximate surface area is 154 Å². The summed E-state index contributed by atoms with van der Waals surface area (Å²) in [5.41, 5.74) is 8.14. The molecule has 1 saturated heterocycles. The predicted molar refractivity (Wildman–Crippen MR) is 103 cm³/mol. The van der Waals surface area contributed by atoms with Crippen LogP contribution in [0.2, 0.25) is 0 Å². The van der Waals surface area contributed by atoms with E-state index in [1.165, 1.54) is 5.56 Å². The van der Waals surface area contributed by atoms with Gasteiger partial charge in [0, 0.05) is 43.9 Å². The van der Waals surface area contributed by atoms with E-state index in [4.69, 9.17) is 5.73 Å². The minimum Gasteiger partial charge on any atom is -0.399 e. The Morgan fingerprint density at radius 3 is 2.38 bits per heavy atom. The van der Waals surface area contributed by atoms with E-state index in [2.05, 4.69) is 0 Å². The number of nitrogen functional groups attached to an aromatic ring is 1. The zero-order chi connectivity index (χ0) is 18.4. The van der Waals surface area contributed by atoms with E-state index in [1.54, 1.807) is 24.3 Å². The summed E-state index contributed by atoms with van der Waals surface area (Å²) >= 11 is 0. The number of hydrogen-bond donors (Lipinski definition) is 1. The molecule has 0 bridgehead atoms. The molecule has 5 nitrogen and oxygen atoms in total. The number of aryl methyl sites for hydroxylation is 1. The van der Waals surface area contributed by atoms with E-state index in [0.29, 0.717) is 43.9 Å². The van der Waals surface area contributed by atoms with Gasteiger partial charge in [0.05, 0.1) is 0 Å². The number of hydrogen-bond acceptors (Lipinski definition) is 3. The molecule has 1 aliphatic rings. The Morgan fingerprint density at radius 2 is 1.62 bits per heavy atom. The molecule has 0 aromatic heterocycles. The molecule has 26 heavy (non-hydrogen) atoms. The van der Waals surface area contributed by atoms with Gasteiger partial charge in [-0.3, -0.25) is 9.59 Å². The summed E-state index contributed by atoms with van der Waals surface area (Å²) in [6, 6.07) is 17.1. The van der Waals surface area contributed by atoms with E-state index >= 15 is 0 Å². The maximum atomic E-state index is 12.7. The standard InChI is InChI=1S/C21H25N3O2/c22-19-9-4-8-18(16-19)21(26)24-13-5-12-23(14-15-24)20(25)11-10-17-6-2-1-3-7-17/h1-4,6-9,16H,5,10-15,22H2. The summed E-state index contributed by atoms with van der Waals surface area (Å²) in [6.07, 6.45) is 2.06. The molecular formula is C21H25N3O2. The number of benzene rings is 2. The lowest BCUT2D eigenvalue weighted by molar-refractivity contribution is -0.131. The molecule has 0 unspecified atom stereocenters. The third-order valence-electron chi connectivity index (χ3n) is 4.74. The number of amides is 2. The molecule has 3 rings (SSSR count). The summed E-state index contributed by atoms with van der Waals surface area (Å²) in [7, 11) is 0. The van der Waals surface area contributed by atoms with E-state index in [9.17, 15) is 9.59 Å². The molecular weight excluding hydrogens is 326 g/mol. The first-order valence-corrected chi connectivity index (χ1v) is 9.10. The van der Waals surface area contributed by atoms with Crippen molar-refractivity contribution in [2.24, 2.45) is 0 Å². The van der Waals surface area contributed by atoms with Crippen molar-refractivity contribution in [2.45, 2.75) is 19.3 Å². The maximum absolute atomic E-state index is 12.7. The van der Waals surface area contributed by atoms with Crippen molar-refractivity contribution in [1.29, 1.82) is 0 Å². The van der Waals surface area contributed by atoms with E-state index in [1.807, 2.05) is 40.1 Å². The Balaban J connectivity index is 1.54. The van der Waals surface area contributed by atoms with Crippen LogP contribution < -0.4 is 5.73 Å². The molecule has 5 heteroatoms. The normalized spacial score (nSPS) is 14.8. The van der Waals surface area contributed by atoms with Crippen molar-refractivity contribution in [1.82, 2.24) is 9.80 Å². The Bertz CT molecular complexity index is 761. The Morgan fingerprint density at radius 1 is 0.885 bits per heavy atom. The summed E-state index contributed by atoms with van der Waals surface area (Å²) in [5, 5.41) is 0. The van der Waals surface area contributed by atoms with Crippen LogP contribution in [0.4, 0.5) is 5.69 Å². The summed E-state index contributed by atoms with van der Waals surface area (Å²) in [4.78, 5) is 28.9. The van der Waals surface area contributed by atoms with Gasteiger partial charge in [0.15, 0.2) is 0 Å². The number of nitrogens with zero attached hydrogens (tertiary/aromatic N) is 2. The number of rotatable bonds is 4. The average molecular weight is 351 g/mol. The highest BCUT2D eigenvalue weighted by atomic mass is 16.2. The van der Waals surface area contributed by atoms with Gasteiger partial charge in [0.2, 0.25) is 5.91 Å². The average Bonchev–Trinajstić information content (AvgIpc) is 2.92. The third-order valence-corrected chi connectivity index (χ3v) is 4.74. The second-order valence-electron chi connectivity index (χ2n) is 6.64. The molecule has 2 amide bonds. The lowest BCUT2D eigenvalue weighted by Gasteiger charge is -2.22. The van der Waals surface area contributed by atoms with Crippen LogP contribution >= 0.6 is 0 Å². The molecule has 0 spiro atoms. The molecule has 0 aliphatic carbocycles. The molecule has 1 heterocycles. The maximum Gasteiger partial charge on any atom is 0.253 e. The predicted octanol–water partition coefficient (Wildman–Crippen LogP) is 2.58. The zero-order valence-electron chi connectivity index (χ0n) is 14.9. The molecule has 0 radical (unpaired) electrons. The van der Waals surface area contributed by atoms with Gasteiger partial charge in [0.1, 0.15) is 0 Å². The number of anilines is 1. The number of nitrogens with two attached hydrogens (primary N) is 1. The van der Waals surface area contributed by atoms with Crippen LogP contribution in [0.5, 0.6) is 0 Å². The van der Waals surface area contributed by atoms with Crippen LogP contribution in [0.25, 0.3) is 0 Å². The molecule has 2 aromatic rings. The van der Waals surface area contributed by atoms with Crippen LogP contribution in [-0.4, -0.2) is 47.8 Å². The fourth-order valence-electron chi connectivity index (χ4n) is 3.28. The molecule has 0 saturated carbocycles. The van der Waals surface area contributed by atoms with Gasteiger partial charge in [-0.1, -0.05) is 36.4 Å². The van der Waals surface area contributed by atoms with E-state index in [0.717, 1.165) is 12.8 Å². The Kier molecular flexibility index (Phi) is 5.89. The van der Waals surface area contributed by atoms with Crippen LogP contribution in [0.1, 0.15) is 28.8 Å². The van der Waals surface area contributed by atoms with Gasteiger partial charge in [-0.25, -0.2) is 0 Å². The number of carbonyl (C=O) groups is 2. The first-order valence-electron chi connectivity index (χ1n) is 9.10. The zero-order valence-corrected chi connectivity index (χ0v) is 14.9. The van der Waals surface area contributed by atoms with Crippen LogP contribution in [0, 0.1) is 0 Å². The van der Waals surface area contributed by atoms with Crippen molar-refractivity contribution < 1.29 is 9.59 Å². The minimum absolute atomic E-state index is 0.0177.